The molecular formula is C50H73Cl2O10P. The van der Waals surface area contributed by atoms with Gasteiger partial charge < -0.3 is 37.7 Å². The van der Waals surface area contributed by atoms with Gasteiger partial charge in [0.25, 0.3) is 0 Å². The predicted octanol–water partition coefficient (Wildman–Crippen LogP) is 12.0. The van der Waals surface area contributed by atoms with Gasteiger partial charge in [-0.2, -0.15) is 0 Å². The summed E-state index contributed by atoms with van der Waals surface area (Å²) < 4.78 is 65.0. The van der Waals surface area contributed by atoms with Gasteiger partial charge in [0.2, 0.25) is 0 Å². The Bertz CT molecular complexity index is 1890. The van der Waals surface area contributed by atoms with Crippen LogP contribution in [0.3, 0.4) is 0 Å². The van der Waals surface area contributed by atoms with E-state index in [1.54, 1.807) is 12.1 Å². The van der Waals surface area contributed by atoms with Crippen LogP contribution in [0.1, 0.15) is 130 Å². The fourth-order valence-electron chi connectivity index (χ4n) is 14.4. The first-order valence-corrected chi connectivity index (χ1v) is 27.8. The molecule has 1 aromatic rings. The van der Waals surface area contributed by atoms with E-state index in [1.807, 2.05) is 25.1 Å². The van der Waals surface area contributed by atoms with Crippen molar-refractivity contribution >= 4 is 34.5 Å². The molecule has 63 heavy (non-hydrogen) atoms. The van der Waals surface area contributed by atoms with Gasteiger partial charge in [-0.3, -0.25) is 4.57 Å². The second-order valence-electron chi connectivity index (χ2n) is 22.0. The van der Waals surface area contributed by atoms with E-state index >= 15 is 0 Å². The highest BCUT2D eigenvalue weighted by atomic mass is 35.9. The number of hydrogen-bond donors (Lipinski definition) is 0. The van der Waals surface area contributed by atoms with Crippen molar-refractivity contribution in [3.8, 4) is 0 Å². The molecule has 9 rings (SSSR count). The van der Waals surface area contributed by atoms with Crippen LogP contribution in [0.2, 0.25) is 0 Å². The molecule has 4 aliphatic heterocycles. The molecule has 4 saturated heterocycles. The Morgan fingerprint density at radius 2 is 1.57 bits per heavy atom. The minimum absolute atomic E-state index is 0.0484. The molecule has 0 amide bonds. The molecule has 7 fully saturated rings. The summed E-state index contributed by atoms with van der Waals surface area (Å²) in [6, 6.07) is 9.03. The first-order chi connectivity index (χ1) is 29.8. The smallest absolute Gasteiger partial charge is 0.380 e. The maximum absolute atomic E-state index is 13.5. The molecule has 1 aromatic carbocycles. The van der Waals surface area contributed by atoms with Crippen LogP contribution in [-0.2, 0) is 42.2 Å². The van der Waals surface area contributed by atoms with Crippen LogP contribution in [0.25, 0.3) is 0 Å². The van der Waals surface area contributed by atoms with Gasteiger partial charge in [0.05, 0.1) is 43.2 Å². The van der Waals surface area contributed by atoms with Gasteiger partial charge >= 0.3 is 12.0 Å². The molecule has 4 unspecified atom stereocenters. The Morgan fingerprint density at radius 1 is 0.841 bits per heavy atom. The van der Waals surface area contributed by atoms with Crippen molar-refractivity contribution in [1.82, 2.24) is 0 Å². The molecule has 0 N–H and O–H groups in total. The lowest BCUT2D eigenvalue weighted by Crippen LogP contribution is -2.58. The summed E-state index contributed by atoms with van der Waals surface area (Å²) in [5.41, 5.74) is 2.35. The molecule has 10 nitrogen and oxygen atoms in total. The van der Waals surface area contributed by atoms with Crippen molar-refractivity contribution in [2.75, 3.05) is 13.2 Å². The van der Waals surface area contributed by atoms with Gasteiger partial charge in [0.15, 0.2) is 24.5 Å². The number of allylic oxidation sites excluding steroid dienone is 1. The van der Waals surface area contributed by atoms with E-state index in [0.717, 1.165) is 45.1 Å². The third kappa shape index (κ3) is 8.60. The molecule has 352 valence electrons. The highest BCUT2D eigenvalue weighted by molar-refractivity contribution is 8.05. The summed E-state index contributed by atoms with van der Waals surface area (Å²) >= 11 is 11.7. The van der Waals surface area contributed by atoms with Gasteiger partial charge in [-0.05, 0) is 151 Å². The number of fused-ring (bicyclic) bond motifs is 7. The quantitative estimate of drug-likeness (QED) is 0.135. The van der Waals surface area contributed by atoms with E-state index in [1.165, 1.54) is 24.8 Å². The highest BCUT2D eigenvalue weighted by Gasteiger charge is 2.69. The lowest BCUT2D eigenvalue weighted by Gasteiger charge is -2.59. The number of esters is 1. The number of carbonyl (C=O) groups excluding carboxylic acids is 1. The summed E-state index contributed by atoms with van der Waals surface area (Å²) in [5, 5.41) is 0. The molecule has 4 aliphatic carbocycles. The van der Waals surface area contributed by atoms with Crippen molar-refractivity contribution in [2.24, 2.45) is 70.0 Å². The maximum atomic E-state index is 13.5. The largest absolute Gasteiger partial charge is 0.453 e. The maximum Gasteiger partial charge on any atom is 0.380 e. The molecule has 0 bridgehead atoms. The average molecular weight is 936 g/mol. The molecule has 3 saturated carbocycles. The minimum atomic E-state index is -3.81. The average Bonchev–Trinajstić information content (AvgIpc) is 3.70. The van der Waals surface area contributed by atoms with Gasteiger partial charge in [-0.15, -0.1) is 0 Å². The lowest BCUT2D eigenvalue weighted by molar-refractivity contribution is -0.350. The Balaban J connectivity index is 0.924. The molecule has 8 aliphatic rings. The third-order valence-corrected chi connectivity index (χ3v) is 19.8. The van der Waals surface area contributed by atoms with Crippen molar-refractivity contribution in [3.05, 3.63) is 47.5 Å². The number of ether oxygens (including phenoxy) is 7. The first-order valence-electron chi connectivity index (χ1n) is 24.3. The van der Waals surface area contributed by atoms with Crippen LogP contribution in [0, 0.1) is 70.0 Å². The van der Waals surface area contributed by atoms with E-state index in [9.17, 15) is 9.36 Å². The van der Waals surface area contributed by atoms with Gasteiger partial charge in [-0.25, -0.2) is 4.79 Å². The Kier molecular flexibility index (Phi) is 13.3. The molecule has 0 aromatic heterocycles. The van der Waals surface area contributed by atoms with Crippen LogP contribution in [0.5, 0.6) is 0 Å². The summed E-state index contributed by atoms with van der Waals surface area (Å²) in [6.45, 7) is 21.0. The SMILES string of the molecule is CC1O[C@@H](OC2[C@H](O[C@H]3CC[C@@]4(C)C(=CC[C@H]5[C@@H]6C[C@@H]7O[C@]8(CC[C@@H](C)CO8)[C@@H](C)[C@@H]7[C@@]6(C)CC[C@@H]54)C3)OC(COP(=O)(Cl)Cl)[C@@H](C)[C@@H]2C)C(OC(=O)c2ccccc2)[C@@H](C)[C@H]1C. The van der Waals surface area contributed by atoms with Crippen LogP contribution in [-0.4, -0.2) is 74.2 Å². The number of carbonyl (C=O) groups is 1. The summed E-state index contributed by atoms with van der Waals surface area (Å²) in [7, 11) is 0. The molecule has 13 heteroatoms. The second kappa shape index (κ2) is 17.8. The van der Waals surface area contributed by atoms with Crippen LogP contribution in [0.15, 0.2) is 42.0 Å². The van der Waals surface area contributed by atoms with Crippen molar-refractivity contribution in [3.63, 3.8) is 0 Å². The normalized spacial score (nSPS) is 49.6. The standard InChI is InChI=1S/C50H73Cl2O10P/c1-27-17-22-50(55-25-27)32(6)42-40(62-50)24-39-37-16-15-35-23-36(18-20-48(35,8)38(37)19-21-49(39,42)9)58-47-44(31(5)29(3)41(59-47)26-56-63(51,52)54)61-46-43(30(4)28(2)33(7)57-46)60-45(53)34-13-11-10-12-14-34/h10-15,27-33,36-44,46-47H,16-26H2,1-9H3/t27-,28-,29+,30+,31+,32+,33?,36+,37-,38+,39+,40+,41?,42+,43?,44?,46+,47-,48+,49+,50-/m1/s1. The van der Waals surface area contributed by atoms with Crippen LogP contribution in [0.4, 0.5) is 0 Å². The monoisotopic (exact) mass is 934 g/mol. The van der Waals surface area contributed by atoms with E-state index in [0.29, 0.717) is 41.1 Å². The Hall–Kier alpha value is -1.04. The zero-order valence-electron chi connectivity index (χ0n) is 38.9. The van der Waals surface area contributed by atoms with E-state index in [2.05, 4.69) is 61.5 Å². The Morgan fingerprint density at radius 3 is 2.29 bits per heavy atom. The Labute approximate surface area is 385 Å². The predicted molar refractivity (Wildman–Crippen MR) is 242 cm³/mol. The van der Waals surface area contributed by atoms with Crippen molar-refractivity contribution in [1.29, 1.82) is 0 Å². The first kappa shape index (κ1) is 47.0. The summed E-state index contributed by atoms with van der Waals surface area (Å²) in [5.74, 6) is 2.50. The zero-order valence-corrected chi connectivity index (χ0v) is 41.3. The molecule has 0 radical (unpaired) electrons. The molecular weight excluding hydrogens is 862 g/mol. The van der Waals surface area contributed by atoms with Crippen LogP contribution < -0.4 is 0 Å². The van der Waals surface area contributed by atoms with Gasteiger partial charge in [-0.1, -0.05) is 85.2 Å². The number of hydrogen-bond acceptors (Lipinski definition) is 10. The highest BCUT2D eigenvalue weighted by Crippen LogP contribution is 2.71. The minimum Gasteiger partial charge on any atom is -0.453 e. The third-order valence-electron chi connectivity index (χ3n) is 18.8. The lowest BCUT2D eigenvalue weighted by atomic mass is 9.47. The van der Waals surface area contributed by atoms with E-state index in [4.69, 9.17) is 60.2 Å². The number of rotatable bonds is 9. The second-order valence-corrected chi connectivity index (χ2v) is 26.3. The molecule has 1 spiro atoms. The molecule has 4 heterocycles. The fraction of sp³-hybridized carbons (Fsp3) is 0.820. The van der Waals surface area contributed by atoms with Crippen LogP contribution >= 0.6 is 28.6 Å². The fourth-order valence-corrected chi connectivity index (χ4v) is 15.1. The number of halogens is 2. The number of benzene rings is 1. The molecule has 21 atom stereocenters. The summed E-state index contributed by atoms with van der Waals surface area (Å²) in [4.78, 5) is 13.5. The van der Waals surface area contributed by atoms with Gasteiger partial charge in [0.1, 0.15) is 6.10 Å². The van der Waals surface area contributed by atoms with Crippen molar-refractivity contribution in [2.45, 2.75) is 175 Å². The van der Waals surface area contributed by atoms with E-state index < -0.39 is 48.7 Å². The zero-order chi connectivity index (χ0) is 44.8. The van der Waals surface area contributed by atoms with E-state index in [-0.39, 0.29) is 59.4 Å². The van der Waals surface area contributed by atoms with Crippen molar-refractivity contribution < 1.29 is 47.0 Å². The summed E-state index contributed by atoms with van der Waals surface area (Å²) in [6.07, 6.45) is 5.10. The van der Waals surface area contributed by atoms with Gasteiger partial charge in [0, 0.05) is 18.3 Å². The topological polar surface area (TPSA) is 108 Å².